The van der Waals surface area contributed by atoms with Gasteiger partial charge in [0, 0.05) is 77.8 Å². The number of hydrogen-bond donors (Lipinski definition) is 0. The van der Waals surface area contributed by atoms with Gasteiger partial charge in [-0.3, -0.25) is 0 Å². The van der Waals surface area contributed by atoms with Gasteiger partial charge in [-0.15, -0.1) is 0 Å². The highest BCUT2D eigenvalue weighted by atomic mass is 16.5. The van der Waals surface area contributed by atoms with Gasteiger partial charge in [-0.05, 0) is 116 Å². The molecule has 0 N–H and O–H groups in total. The number of ether oxygens (including phenoxy) is 1. The van der Waals surface area contributed by atoms with Gasteiger partial charge in [0.25, 0.3) is 0 Å². The van der Waals surface area contributed by atoms with Gasteiger partial charge in [-0.25, -0.2) is 44.9 Å². The average Bonchev–Trinajstić information content (AvgIpc) is 1.55. The minimum Gasteiger partial charge on any atom is -0.456 e. The topological polar surface area (TPSA) is 130 Å². The van der Waals surface area contributed by atoms with Crippen molar-refractivity contribution < 1.29 is 4.74 Å². The Kier molecular flexibility index (Phi) is 16.3. The van der Waals surface area contributed by atoms with E-state index in [9.17, 15) is 0 Å². The van der Waals surface area contributed by atoms with Crippen LogP contribution in [0.4, 0.5) is 0 Å². The summed E-state index contributed by atoms with van der Waals surface area (Å²) in [5.41, 5.74) is 22.7. The summed E-state index contributed by atoms with van der Waals surface area (Å²) >= 11 is 0. The minimum atomic E-state index is 0.557. The molecular weight excluding hydrogens is 1350 g/mol. The Morgan fingerprint density at radius 2 is 0.491 bits per heavy atom. The van der Waals surface area contributed by atoms with Gasteiger partial charge in [0.15, 0.2) is 52.4 Å². The molecular formula is C99H62N10O. The normalized spacial score (nSPS) is 11.5. The Bertz CT molecular complexity index is 6660. The van der Waals surface area contributed by atoms with Crippen molar-refractivity contribution in [2.24, 2.45) is 0 Å². The fourth-order valence-electron chi connectivity index (χ4n) is 14.9. The lowest BCUT2D eigenvalue weighted by Gasteiger charge is -2.15. The molecule has 1 aliphatic rings. The second kappa shape index (κ2) is 27.8. The Hall–Kier alpha value is -15.1. The molecule has 110 heavy (non-hydrogen) atoms. The average molecular weight is 1410 g/mol. The molecule has 514 valence electrons. The van der Waals surface area contributed by atoms with Crippen LogP contribution in [0, 0.1) is 0 Å². The molecule has 1 aliphatic heterocycles. The van der Waals surface area contributed by atoms with Crippen molar-refractivity contribution in [3.63, 3.8) is 0 Å². The van der Waals surface area contributed by atoms with Crippen molar-refractivity contribution in [2.75, 3.05) is 0 Å². The first kappa shape index (κ1) is 64.5. The molecule has 0 saturated carbocycles. The van der Waals surface area contributed by atoms with Gasteiger partial charge in [0.1, 0.15) is 11.5 Å². The zero-order chi connectivity index (χ0) is 72.9. The Balaban J connectivity index is 0.606. The van der Waals surface area contributed by atoms with Crippen LogP contribution in [0.5, 0.6) is 11.5 Å². The second-order valence-electron chi connectivity index (χ2n) is 27.2. The highest BCUT2D eigenvalue weighted by molar-refractivity contribution is 6.08. The fourth-order valence-corrected chi connectivity index (χ4v) is 14.9. The molecule has 15 aromatic carbocycles. The van der Waals surface area contributed by atoms with Gasteiger partial charge >= 0.3 is 0 Å². The van der Waals surface area contributed by atoms with Crippen LogP contribution in [0.25, 0.3) is 197 Å². The molecule has 0 atom stereocenters. The molecule has 20 rings (SSSR count). The van der Waals surface area contributed by atoms with Crippen LogP contribution in [-0.4, -0.2) is 49.4 Å². The summed E-state index contributed by atoms with van der Waals surface area (Å²) < 4.78 is 9.07. The Morgan fingerprint density at radius 1 is 0.191 bits per heavy atom. The number of rotatable bonds is 14. The van der Waals surface area contributed by atoms with E-state index in [2.05, 4.69) is 247 Å². The summed E-state index contributed by atoms with van der Waals surface area (Å²) in [5, 5.41) is 3.44. The molecule has 0 amide bonds. The summed E-state index contributed by atoms with van der Waals surface area (Å²) in [5.74, 6) is 6.88. The Morgan fingerprint density at radius 3 is 0.936 bits per heavy atom. The van der Waals surface area contributed by atoms with E-state index in [0.717, 1.165) is 156 Å². The lowest BCUT2D eigenvalue weighted by molar-refractivity contribution is 0.487. The van der Waals surface area contributed by atoms with Gasteiger partial charge in [-0.1, -0.05) is 315 Å². The summed E-state index contributed by atoms with van der Waals surface area (Å²) in [6.07, 6.45) is 0. The maximum absolute atomic E-state index is 6.68. The highest BCUT2D eigenvalue weighted by Gasteiger charge is 2.29. The van der Waals surface area contributed by atoms with Crippen LogP contribution in [0.3, 0.4) is 0 Å². The molecule has 4 aromatic heterocycles. The third-order valence-corrected chi connectivity index (χ3v) is 20.4. The number of hydrogen-bond acceptors (Lipinski definition) is 10. The van der Waals surface area contributed by atoms with E-state index < -0.39 is 0 Å². The molecule has 5 heterocycles. The first-order valence-electron chi connectivity index (χ1n) is 36.6. The molecule has 19 aromatic rings. The lowest BCUT2D eigenvalue weighted by Crippen LogP contribution is -2.00. The molecule has 0 radical (unpaired) electrons. The molecule has 11 nitrogen and oxygen atoms in total. The van der Waals surface area contributed by atoms with Crippen LogP contribution in [-0.2, 0) is 0 Å². The van der Waals surface area contributed by atoms with Gasteiger partial charge in [-0.2, -0.15) is 0 Å². The Labute approximate surface area is 634 Å². The quantitative estimate of drug-likeness (QED) is 0.104. The van der Waals surface area contributed by atoms with Gasteiger partial charge in [0.2, 0.25) is 0 Å². The third kappa shape index (κ3) is 12.3. The first-order valence-corrected chi connectivity index (χ1v) is 36.6. The van der Waals surface area contributed by atoms with E-state index in [4.69, 9.17) is 49.6 Å². The van der Waals surface area contributed by atoms with Crippen molar-refractivity contribution in [3.8, 4) is 187 Å². The van der Waals surface area contributed by atoms with E-state index in [1.54, 1.807) is 0 Å². The fraction of sp³-hybridized carbons (Fsp3) is 0. The molecule has 0 aliphatic carbocycles. The van der Waals surface area contributed by atoms with E-state index in [-0.39, 0.29) is 0 Å². The number of benzene rings is 15. The summed E-state index contributed by atoms with van der Waals surface area (Å²) in [6, 6.07) is 130. The predicted octanol–water partition coefficient (Wildman–Crippen LogP) is 24.4. The summed E-state index contributed by atoms with van der Waals surface area (Å²) in [6.45, 7) is 0. The molecule has 0 unspecified atom stereocenters. The molecule has 0 saturated heterocycles. The monoisotopic (exact) mass is 1410 g/mol. The second-order valence-corrected chi connectivity index (χ2v) is 27.2. The van der Waals surface area contributed by atoms with Crippen LogP contribution >= 0.6 is 0 Å². The molecule has 0 fully saturated rings. The van der Waals surface area contributed by atoms with Crippen LogP contribution < -0.4 is 4.74 Å². The predicted molar refractivity (Wildman–Crippen MR) is 443 cm³/mol. The van der Waals surface area contributed by atoms with Gasteiger partial charge < -0.3 is 9.30 Å². The van der Waals surface area contributed by atoms with Crippen molar-refractivity contribution in [1.29, 1.82) is 0 Å². The smallest absolute Gasteiger partial charge is 0.164 e. The maximum atomic E-state index is 6.68. The standard InChI is InChI=1S/C99H62N10O/c1-5-24-66(25-6-1)91-100-92(67-26-7-2-8-27-67)102-96(101-91)71-54-48-64(49-55-71)84-61-76-32-13-14-33-77(76)62-85(84)65-50-56-72(57-51-65)97-104-93(68-28-9-3-10-29-68)103-95(105-97)70-52-46-63(47-53-70)73-34-21-37-78(58-73)98-106-94(69-30-11-4-12-31-69)107-99(108-98)79-38-22-35-74(59-79)75-36-23-39-80(60-75)109-86-43-18-15-40-81(86)89-82-41-16-19-44-87(82)110-88-45-20-17-42-83(88)90(89)109/h1-62H. The van der Waals surface area contributed by atoms with Crippen molar-refractivity contribution >= 4 is 21.7 Å². The van der Waals surface area contributed by atoms with E-state index >= 15 is 0 Å². The van der Waals surface area contributed by atoms with E-state index in [0.29, 0.717) is 52.4 Å². The van der Waals surface area contributed by atoms with Crippen molar-refractivity contribution in [2.45, 2.75) is 0 Å². The lowest BCUT2D eigenvalue weighted by atomic mass is 9.90. The zero-order valence-corrected chi connectivity index (χ0v) is 59.2. The van der Waals surface area contributed by atoms with Crippen LogP contribution in [0.2, 0.25) is 0 Å². The SMILES string of the molecule is c1ccc(-c2nc(-c3ccccc3)nc(-c3ccc(-c4cc5ccccc5cc4-c4ccc(-c5nc(-c6ccccc6)nc(-c6ccc(-c7cccc(-c8nc(-c9ccccc9)nc(-c9cccc(-c%10cccc(-n%11c%12c(c%13ccccc%13%11)-c%11ccccc%11Oc%11ccccc%11-%12)c%10)c9)n8)c7)cc6)n5)cc4)cc3)n2)cc1. The largest absolute Gasteiger partial charge is 0.456 e. The molecule has 11 heteroatoms. The zero-order valence-electron chi connectivity index (χ0n) is 59.2. The molecule has 0 spiro atoms. The van der Waals surface area contributed by atoms with E-state index in [1.165, 1.54) is 0 Å². The molecule has 0 bridgehead atoms. The highest BCUT2D eigenvalue weighted by Crippen LogP contribution is 2.52. The maximum Gasteiger partial charge on any atom is 0.164 e. The number of fused-ring (bicyclic) bond motifs is 8. The van der Waals surface area contributed by atoms with E-state index in [1.807, 2.05) is 133 Å². The van der Waals surface area contributed by atoms with Crippen LogP contribution in [0.15, 0.2) is 376 Å². The third-order valence-electron chi connectivity index (χ3n) is 20.4. The summed E-state index contributed by atoms with van der Waals surface area (Å²) in [7, 11) is 0. The van der Waals surface area contributed by atoms with Crippen molar-refractivity contribution in [1.82, 2.24) is 49.4 Å². The van der Waals surface area contributed by atoms with Gasteiger partial charge in [0.05, 0.1) is 11.2 Å². The minimum absolute atomic E-state index is 0.557. The number of aromatic nitrogens is 10. The van der Waals surface area contributed by atoms with Crippen molar-refractivity contribution in [3.05, 3.63) is 376 Å². The first-order chi connectivity index (χ1) is 54.5. The number of para-hydroxylation sites is 3. The number of nitrogens with zero attached hydrogens (tertiary/aromatic N) is 10. The summed E-state index contributed by atoms with van der Waals surface area (Å²) in [4.78, 5) is 46.1. The van der Waals surface area contributed by atoms with Crippen LogP contribution in [0.1, 0.15) is 0 Å².